The van der Waals surface area contributed by atoms with Gasteiger partial charge in [0.15, 0.2) is 0 Å². The summed E-state index contributed by atoms with van der Waals surface area (Å²) in [4.78, 5) is 22.8. The van der Waals surface area contributed by atoms with E-state index >= 15 is 0 Å². The van der Waals surface area contributed by atoms with Crippen molar-refractivity contribution < 1.29 is 9.47 Å². The summed E-state index contributed by atoms with van der Waals surface area (Å²) in [7, 11) is 1.69. The molecule has 0 aromatic carbocycles. The van der Waals surface area contributed by atoms with Crippen LogP contribution >= 0.6 is 0 Å². The van der Waals surface area contributed by atoms with E-state index < -0.39 is 0 Å². The molecule has 3 saturated heterocycles. The lowest BCUT2D eigenvalue weighted by Crippen LogP contribution is -2.47. The van der Waals surface area contributed by atoms with Gasteiger partial charge in [0, 0.05) is 74.7 Å². The molecule has 4 aliphatic rings. The van der Waals surface area contributed by atoms with E-state index in [0.29, 0.717) is 24.0 Å². The van der Waals surface area contributed by atoms with Gasteiger partial charge in [-0.1, -0.05) is 6.07 Å². The van der Waals surface area contributed by atoms with Gasteiger partial charge in [0.05, 0.1) is 25.5 Å². The van der Waals surface area contributed by atoms with Crippen molar-refractivity contribution in [3.8, 4) is 5.75 Å². The minimum absolute atomic E-state index is 0.221. The number of morpholine rings is 1. The summed E-state index contributed by atoms with van der Waals surface area (Å²) in [6.45, 7) is 6.18. The fourth-order valence-corrected chi connectivity index (χ4v) is 6.13. The third kappa shape index (κ3) is 3.58. The van der Waals surface area contributed by atoms with Crippen molar-refractivity contribution in [2.24, 2.45) is 5.92 Å². The van der Waals surface area contributed by atoms with E-state index in [1.165, 1.54) is 12.1 Å². The van der Waals surface area contributed by atoms with Crippen molar-refractivity contribution in [1.82, 2.24) is 19.4 Å². The Morgan fingerprint density at radius 1 is 1.13 bits per heavy atom. The minimum atomic E-state index is 0.221. The highest BCUT2D eigenvalue weighted by Gasteiger charge is 2.39. The Hall–Kier alpha value is -2.22. The van der Waals surface area contributed by atoms with E-state index in [1.54, 1.807) is 7.11 Å². The third-order valence-electron chi connectivity index (χ3n) is 7.56. The summed E-state index contributed by atoms with van der Waals surface area (Å²) in [5, 5.41) is 0. The maximum Gasteiger partial charge on any atom is 0.255 e. The topological polar surface area (TPSA) is 59.8 Å². The number of rotatable bonds is 5. The van der Waals surface area contributed by atoms with Crippen molar-refractivity contribution in [2.75, 3.05) is 33.4 Å². The van der Waals surface area contributed by atoms with E-state index in [0.717, 1.165) is 69.3 Å². The molecule has 4 bridgehead atoms. The number of aromatic nitrogens is 2. The molecule has 7 heteroatoms. The van der Waals surface area contributed by atoms with Crippen LogP contribution in [0.15, 0.2) is 35.3 Å². The number of pyridine rings is 2. The molecule has 0 saturated carbocycles. The van der Waals surface area contributed by atoms with Crippen LogP contribution in [0.1, 0.15) is 35.7 Å². The Morgan fingerprint density at radius 3 is 2.87 bits per heavy atom. The first-order chi connectivity index (χ1) is 15.2. The maximum absolute atomic E-state index is 13.3. The standard InChI is InChI=1S/C24H30N4O3/c1-30-21-4-5-25-19(7-21)13-26-9-16-6-18(11-26)23-3-2-17(24(29)28(23)10-16)12-27-14-22-8-20(27)15-31-22/h2-5,7,16,18,20,22H,6,8-15H2,1H3/t16-,18+,20-,22-/m0/s1. The normalized spacial score (nSPS) is 29.8. The lowest BCUT2D eigenvalue weighted by molar-refractivity contribution is 0.0270. The summed E-state index contributed by atoms with van der Waals surface area (Å²) < 4.78 is 13.1. The van der Waals surface area contributed by atoms with E-state index in [9.17, 15) is 4.79 Å². The van der Waals surface area contributed by atoms with Gasteiger partial charge < -0.3 is 14.0 Å². The van der Waals surface area contributed by atoms with Gasteiger partial charge in [0.2, 0.25) is 0 Å². The van der Waals surface area contributed by atoms with Gasteiger partial charge in [-0.2, -0.15) is 0 Å². The van der Waals surface area contributed by atoms with Gasteiger partial charge in [-0.15, -0.1) is 0 Å². The van der Waals surface area contributed by atoms with Gasteiger partial charge in [-0.25, -0.2) is 0 Å². The average Bonchev–Trinajstić information content (AvgIpc) is 3.39. The first kappa shape index (κ1) is 19.5. The van der Waals surface area contributed by atoms with Gasteiger partial charge in [-0.05, 0) is 30.9 Å². The lowest BCUT2D eigenvalue weighted by Gasteiger charge is -2.43. The highest BCUT2D eigenvalue weighted by atomic mass is 16.5. The molecule has 0 aliphatic carbocycles. The molecule has 0 radical (unpaired) electrons. The monoisotopic (exact) mass is 422 g/mol. The van der Waals surface area contributed by atoms with Gasteiger partial charge in [-0.3, -0.25) is 19.6 Å². The Balaban J connectivity index is 1.19. The zero-order valence-corrected chi connectivity index (χ0v) is 18.1. The second-order valence-corrected chi connectivity index (χ2v) is 9.65. The number of ether oxygens (including phenoxy) is 2. The van der Waals surface area contributed by atoms with Crippen LogP contribution in [0.2, 0.25) is 0 Å². The molecule has 31 heavy (non-hydrogen) atoms. The predicted octanol–water partition coefficient (Wildman–Crippen LogP) is 1.84. The Morgan fingerprint density at radius 2 is 2.06 bits per heavy atom. The van der Waals surface area contributed by atoms with Crippen LogP contribution in [-0.4, -0.2) is 64.8 Å². The van der Waals surface area contributed by atoms with Gasteiger partial charge in [0.1, 0.15) is 5.75 Å². The summed E-state index contributed by atoms with van der Waals surface area (Å²) >= 11 is 0. The number of nitrogens with zero attached hydrogens (tertiary/aromatic N) is 4. The predicted molar refractivity (Wildman–Crippen MR) is 116 cm³/mol. The molecular weight excluding hydrogens is 392 g/mol. The van der Waals surface area contributed by atoms with Gasteiger partial charge in [0.25, 0.3) is 5.56 Å². The number of piperidine rings is 1. The molecule has 6 rings (SSSR count). The zero-order valence-electron chi connectivity index (χ0n) is 18.1. The molecule has 2 aromatic rings. The molecule has 0 spiro atoms. The van der Waals surface area contributed by atoms with Gasteiger partial charge >= 0.3 is 0 Å². The van der Waals surface area contributed by atoms with Crippen LogP contribution in [0.3, 0.4) is 0 Å². The summed E-state index contributed by atoms with van der Waals surface area (Å²) in [6, 6.07) is 8.70. The minimum Gasteiger partial charge on any atom is -0.497 e. The number of likely N-dealkylation sites (tertiary alicyclic amines) is 2. The number of hydrogen-bond donors (Lipinski definition) is 0. The lowest BCUT2D eigenvalue weighted by atomic mass is 9.83. The number of hydrogen-bond acceptors (Lipinski definition) is 6. The fourth-order valence-electron chi connectivity index (χ4n) is 6.13. The molecule has 0 unspecified atom stereocenters. The first-order valence-electron chi connectivity index (χ1n) is 11.5. The van der Waals surface area contributed by atoms with Crippen LogP contribution in [0.5, 0.6) is 5.75 Å². The van der Waals surface area contributed by atoms with Crippen LogP contribution < -0.4 is 10.3 Å². The smallest absolute Gasteiger partial charge is 0.255 e. The summed E-state index contributed by atoms with van der Waals surface area (Å²) in [6.07, 6.45) is 4.48. The van der Waals surface area contributed by atoms with E-state index in [1.807, 2.05) is 18.3 Å². The van der Waals surface area contributed by atoms with E-state index in [4.69, 9.17) is 9.47 Å². The highest BCUT2D eigenvalue weighted by Crippen LogP contribution is 2.36. The average molecular weight is 423 g/mol. The molecule has 164 valence electrons. The maximum atomic E-state index is 13.3. The molecule has 2 aromatic heterocycles. The van der Waals surface area contributed by atoms with E-state index in [-0.39, 0.29) is 5.56 Å². The second-order valence-electron chi connectivity index (χ2n) is 9.65. The van der Waals surface area contributed by atoms with Crippen LogP contribution in [0.25, 0.3) is 0 Å². The Labute approximate surface area is 182 Å². The van der Waals surface area contributed by atoms with Crippen LogP contribution in [0.4, 0.5) is 0 Å². The van der Waals surface area contributed by atoms with Crippen molar-refractivity contribution >= 4 is 0 Å². The molecule has 7 nitrogen and oxygen atoms in total. The molecule has 3 fully saturated rings. The first-order valence-corrected chi connectivity index (χ1v) is 11.5. The molecular formula is C24H30N4O3. The Kier molecular flexibility index (Phi) is 4.85. The van der Waals surface area contributed by atoms with Crippen molar-refractivity contribution in [1.29, 1.82) is 0 Å². The third-order valence-corrected chi connectivity index (χ3v) is 7.56. The Bertz CT molecular complexity index is 1040. The van der Waals surface area contributed by atoms with E-state index in [2.05, 4.69) is 31.5 Å². The van der Waals surface area contributed by atoms with Crippen molar-refractivity contribution in [3.05, 3.63) is 57.8 Å². The summed E-state index contributed by atoms with van der Waals surface area (Å²) in [5.41, 5.74) is 3.41. The number of methoxy groups -OCH3 is 1. The van der Waals surface area contributed by atoms with Crippen molar-refractivity contribution in [3.63, 3.8) is 0 Å². The zero-order chi connectivity index (χ0) is 20.9. The molecule has 4 aliphatic heterocycles. The summed E-state index contributed by atoms with van der Waals surface area (Å²) in [5.74, 6) is 1.78. The highest BCUT2D eigenvalue weighted by molar-refractivity contribution is 5.24. The molecule has 0 N–H and O–H groups in total. The SMILES string of the molecule is COc1ccnc(CN2C[C@@H]3C[C@H](C2)c2ccc(CN4C[C@@H]5C[C@H]4CO5)c(=O)n2C3)c1. The van der Waals surface area contributed by atoms with Crippen LogP contribution in [-0.2, 0) is 24.4 Å². The fraction of sp³-hybridized carbons (Fsp3) is 0.583. The second kappa shape index (κ2) is 7.73. The molecule has 0 amide bonds. The number of fused-ring (bicyclic) bond motifs is 6. The largest absolute Gasteiger partial charge is 0.497 e. The molecule has 6 heterocycles. The quantitative estimate of drug-likeness (QED) is 0.733. The molecule has 4 atom stereocenters. The van der Waals surface area contributed by atoms with Crippen molar-refractivity contribution in [2.45, 2.75) is 50.5 Å². The van der Waals surface area contributed by atoms with Crippen LogP contribution in [0, 0.1) is 5.92 Å².